The third-order valence-electron chi connectivity index (χ3n) is 3.42. The maximum absolute atomic E-state index is 13.2. The number of halogens is 2. The molecule has 2 aromatic carbocycles. The second kappa shape index (κ2) is 6.79. The van der Waals surface area contributed by atoms with E-state index in [1.54, 1.807) is 19.1 Å². The van der Waals surface area contributed by atoms with Gasteiger partial charge in [0.15, 0.2) is 5.82 Å². The number of hydrogen-bond donors (Lipinski definition) is 1. The molecule has 0 bridgehead atoms. The highest BCUT2D eigenvalue weighted by molar-refractivity contribution is 6.31. The molecule has 0 saturated heterocycles. The molecule has 3 rings (SSSR count). The highest BCUT2D eigenvalue weighted by Crippen LogP contribution is 2.25. The van der Waals surface area contributed by atoms with Crippen LogP contribution < -0.4 is 5.32 Å². The van der Waals surface area contributed by atoms with Crippen LogP contribution in [0.3, 0.4) is 0 Å². The third-order valence-corrected chi connectivity index (χ3v) is 3.71. The lowest BCUT2D eigenvalue weighted by atomic mass is 10.0. The molecule has 1 N–H and O–H groups in total. The van der Waals surface area contributed by atoms with Crippen LogP contribution in [0.25, 0.3) is 11.1 Å². The molecule has 0 spiro atoms. The number of aryl methyl sites for hydroxylation is 1. The summed E-state index contributed by atoms with van der Waals surface area (Å²) in [7, 11) is 0. The SMILES string of the molecule is Cc1noc(NCCc2ccc(-c3ccc(F)c(Cl)c3)cc2)n1. The molecule has 4 nitrogen and oxygen atoms in total. The first-order valence-corrected chi connectivity index (χ1v) is 7.58. The zero-order valence-corrected chi connectivity index (χ0v) is 13.3. The Bertz CT molecular complexity index is 802. The van der Waals surface area contributed by atoms with Crippen molar-refractivity contribution in [3.63, 3.8) is 0 Å². The first-order valence-electron chi connectivity index (χ1n) is 7.20. The molecule has 0 atom stereocenters. The summed E-state index contributed by atoms with van der Waals surface area (Å²) < 4.78 is 18.2. The van der Waals surface area contributed by atoms with Crippen molar-refractivity contribution >= 4 is 17.6 Å². The normalized spacial score (nSPS) is 10.7. The zero-order valence-electron chi connectivity index (χ0n) is 12.5. The number of nitrogens with one attached hydrogen (secondary N) is 1. The Morgan fingerprint density at radius 3 is 2.52 bits per heavy atom. The van der Waals surface area contributed by atoms with Crippen LogP contribution in [0, 0.1) is 12.7 Å². The predicted octanol–water partition coefficient (Wildman–Crippen LogP) is 4.49. The van der Waals surface area contributed by atoms with E-state index in [1.807, 2.05) is 24.3 Å². The summed E-state index contributed by atoms with van der Waals surface area (Å²) in [6, 6.07) is 13.2. The minimum absolute atomic E-state index is 0.130. The van der Waals surface area contributed by atoms with Gasteiger partial charge >= 0.3 is 6.01 Å². The molecule has 118 valence electrons. The molecule has 0 fully saturated rings. The molecule has 1 aromatic heterocycles. The molecule has 23 heavy (non-hydrogen) atoms. The number of benzene rings is 2. The van der Waals surface area contributed by atoms with E-state index < -0.39 is 5.82 Å². The fraction of sp³-hybridized carbons (Fsp3) is 0.176. The molecule has 6 heteroatoms. The Morgan fingerprint density at radius 1 is 1.13 bits per heavy atom. The highest BCUT2D eigenvalue weighted by Gasteiger charge is 2.04. The molecule has 3 aromatic rings. The maximum atomic E-state index is 13.2. The standard InChI is InChI=1S/C17H15ClFN3O/c1-11-21-17(23-22-11)20-9-8-12-2-4-13(5-3-12)14-6-7-16(19)15(18)10-14/h2-7,10H,8-9H2,1H3,(H,20,21,22). The number of rotatable bonds is 5. The summed E-state index contributed by atoms with van der Waals surface area (Å²) in [6.07, 6.45) is 0.825. The second-order valence-electron chi connectivity index (χ2n) is 5.15. The third kappa shape index (κ3) is 3.87. The molecule has 0 aliphatic rings. The fourth-order valence-electron chi connectivity index (χ4n) is 2.22. The average Bonchev–Trinajstić information content (AvgIpc) is 2.96. The van der Waals surface area contributed by atoms with Gasteiger partial charge in [0.2, 0.25) is 0 Å². The van der Waals surface area contributed by atoms with E-state index in [1.165, 1.54) is 11.6 Å². The maximum Gasteiger partial charge on any atom is 0.321 e. The van der Waals surface area contributed by atoms with Crippen LogP contribution in [0.15, 0.2) is 47.0 Å². The van der Waals surface area contributed by atoms with Crippen LogP contribution in [0.1, 0.15) is 11.4 Å². The average molecular weight is 332 g/mol. The van der Waals surface area contributed by atoms with Crippen LogP contribution in [-0.2, 0) is 6.42 Å². The van der Waals surface area contributed by atoms with Gasteiger partial charge in [-0.05, 0) is 42.2 Å². The molecule has 0 aliphatic heterocycles. The topological polar surface area (TPSA) is 51.0 Å². The quantitative estimate of drug-likeness (QED) is 0.748. The first-order chi connectivity index (χ1) is 11.1. The van der Waals surface area contributed by atoms with Crippen LogP contribution >= 0.6 is 11.6 Å². The molecular weight excluding hydrogens is 317 g/mol. The lowest BCUT2D eigenvalue weighted by Crippen LogP contribution is -2.05. The fourth-order valence-corrected chi connectivity index (χ4v) is 2.40. The van der Waals surface area contributed by atoms with Gasteiger partial charge in [0.1, 0.15) is 5.82 Å². The van der Waals surface area contributed by atoms with E-state index in [9.17, 15) is 4.39 Å². The molecule has 0 radical (unpaired) electrons. The van der Waals surface area contributed by atoms with Gasteiger partial charge in [-0.2, -0.15) is 4.98 Å². The van der Waals surface area contributed by atoms with Gasteiger partial charge in [-0.1, -0.05) is 47.1 Å². The summed E-state index contributed by atoms with van der Waals surface area (Å²) >= 11 is 5.82. The van der Waals surface area contributed by atoms with Crippen molar-refractivity contribution in [2.75, 3.05) is 11.9 Å². The predicted molar refractivity (Wildman–Crippen MR) is 88.1 cm³/mol. The van der Waals surface area contributed by atoms with Gasteiger partial charge in [0.25, 0.3) is 0 Å². The zero-order chi connectivity index (χ0) is 16.2. The lowest BCUT2D eigenvalue weighted by molar-refractivity contribution is 0.425. The molecule has 0 aliphatic carbocycles. The van der Waals surface area contributed by atoms with Gasteiger partial charge < -0.3 is 9.84 Å². The Kier molecular flexibility index (Phi) is 4.57. The number of aromatic nitrogens is 2. The molecule has 0 amide bonds. The Morgan fingerprint density at radius 2 is 1.87 bits per heavy atom. The summed E-state index contributed by atoms with van der Waals surface area (Å²) in [5.41, 5.74) is 3.06. The minimum atomic E-state index is -0.408. The van der Waals surface area contributed by atoms with E-state index in [0.29, 0.717) is 18.4 Å². The van der Waals surface area contributed by atoms with E-state index in [2.05, 4.69) is 15.5 Å². The van der Waals surface area contributed by atoms with Gasteiger partial charge in [0.05, 0.1) is 5.02 Å². The summed E-state index contributed by atoms with van der Waals surface area (Å²) in [6.45, 7) is 2.47. The van der Waals surface area contributed by atoms with Gasteiger partial charge in [-0.15, -0.1) is 0 Å². The number of nitrogens with zero attached hydrogens (tertiary/aromatic N) is 2. The molecule has 0 unspecified atom stereocenters. The van der Waals surface area contributed by atoms with Crippen molar-refractivity contribution in [1.29, 1.82) is 0 Å². The van der Waals surface area contributed by atoms with Crippen molar-refractivity contribution in [1.82, 2.24) is 10.1 Å². The van der Waals surface area contributed by atoms with E-state index in [4.69, 9.17) is 16.1 Å². The van der Waals surface area contributed by atoms with Gasteiger partial charge in [-0.3, -0.25) is 0 Å². The van der Waals surface area contributed by atoms with Crippen molar-refractivity contribution in [2.24, 2.45) is 0 Å². The van der Waals surface area contributed by atoms with Crippen LogP contribution in [-0.4, -0.2) is 16.7 Å². The van der Waals surface area contributed by atoms with Crippen LogP contribution in [0.4, 0.5) is 10.4 Å². The van der Waals surface area contributed by atoms with Crippen LogP contribution in [0.2, 0.25) is 5.02 Å². The van der Waals surface area contributed by atoms with Crippen LogP contribution in [0.5, 0.6) is 0 Å². The number of anilines is 1. The largest absolute Gasteiger partial charge is 0.337 e. The lowest BCUT2D eigenvalue weighted by Gasteiger charge is -2.06. The van der Waals surface area contributed by atoms with Crippen molar-refractivity contribution in [3.05, 3.63) is 64.7 Å². The highest BCUT2D eigenvalue weighted by atomic mass is 35.5. The summed E-state index contributed by atoms with van der Waals surface area (Å²) in [4.78, 5) is 4.08. The first kappa shape index (κ1) is 15.5. The van der Waals surface area contributed by atoms with E-state index in [-0.39, 0.29) is 5.02 Å². The van der Waals surface area contributed by atoms with Gasteiger partial charge in [0, 0.05) is 6.54 Å². The molecule has 0 saturated carbocycles. The Labute approximate surface area is 138 Å². The van der Waals surface area contributed by atoms with E-state index in [0.717, 1.165) is 17.5 Å². The van der Waals surface area contributed by atoms with Crippen molar-refractivity contribution < 1.29 is 8.91 Å². The smallest absolute Gasteiger partial charge is 0.321 e. The summed E-state index contributed by atoms with van der Waals surface area (Å²) in [5, 5.41) is 6.92. The monoisotopic (exact) mass is 331 g/mol. The molecular formula is C17H15ClFN3O. The number of hydrogen-bond acceptors (Lipinski definition) is 4. The summed E-state index contributed by atoms with van der Waals surface area (Å²) in [5.74, 6) is 0.198. The van der Waals surface area contributed by atoms with E-state index >= 15 is 0 Å². The molecule has 1 heterocycles. The van der Waals surface area contributed by atoms with Gasteiger partial charge in [-0.25, -0.2) is 4.39 Å². The van der Waals surface area contributed by atoms with Crippen molar-refractivity contribution in [3.8, 4) is 11.1 Å². The Hall–Kier alpha value is -2.40. The minimum Gasteiger partial charge on any atom is -0.337 e. The second-order valence-corrected chi connectivity index (χ2v) is 5.56. The Balaban J connectivity index is 1.61. The van der Waals surface area contributed by atoms with Crippen molar-refractivity contribution in [2.45, 2.75) is 13.3 Å².